The second-order valence-corrected chi connectivity index (χ2v) is 3.78. The van der Waals surface area contributed by atoms with Gasteiger partial charge in [0.15, 0.2) is 5.66 Å². The number of allylic oxidation sites excluding steroid dienone is 2. The number of benzene rings is 1. The molecular weight excluding hydrogens is 200 g/mol. The molecule has 1 aliphatic rings. The van der Waals surface area contributed by atoms with E-state index in [1.54, 1.807) is 12.1 Å². The molecule has 0 fully saturated rings. The molecule has 0 saturated carbocycles. The maximum atomic E-state index is 6.02. The molecule has 4 N–H and O–H groups in total. The summed E-state index contributed by atoms with van der Waals surface area (Å²) in [5.74, 6) is 0. The molecular formula is C12H14N4. The highest BCUT2D eigenvalue weighted by Gasteiger charge is 2.20. The minimum Gasteiger partial charge on any atom is -0.399 e. The number of nitrogen functional groups attached to an aromatic ring is 1. The number of nitrogens with two attached hydrogens (primary N) is 2. The van der Waals surface area contributed by atoms with Crippen LogP contribution < -0.4 is 11.5 Å². The molecule has 0 amide bonds. The molecule has 1 aromatic carbocycles. The van der Waals surface area contributed by atoms with Crippen LogP contribution in [0.5, 0.6) is 0 Å². The smallest absolute Gasteiger partial charge is 0.152 e. The first-order chi connectivity index (χ1) is 7.68. The van der Waals surface area contributed by atoms with E-state index < -0.39 is 5.66 Å². The summed E-state index contributed by atoms with van der Waals surface area (Å²) < 4.78 is 0. The molecule has 1 aromatic rings. The third kappa shape index (κ3) is 2.55. The van der Waals surface area contributed by atoms with Gasteiger partial charge in [-0.15, -0.1) is 0 Å². The molecule has 16 heavy (non-hydrogen) atoms. The van der Waals surface area contributed by atoms with E-state index in [4.69, 9.17) is 11.5 Å². The van der Waals surface area contributed by atoms with Crippen LogP contribution in [0.1, 0.15) is 6.42 Å². The van der Waals surface area contributed by atoms with Crippen molar-refractivity contribution in [3.63, 3.8) is 0 Å². The number of azo groups is 1. The topological polar surface area (TPSA) is 76.8 Å². The normalized spacial score (nSPS) is 24.1. The first kappa shape index (κ1) is 10.6. The summed E-state index contributed by atoms with van der Waals surface area (Å²) in [6.07, 6.45) is 8.29. The van der Waals surface area contributed by atoms with Gasteiger partial charge >= 0.3 is 0 Å². The van der Waals surface area contributed by atoms with Gasteiger partial charge in [-0.2, -0.15) is 10.2 Å². The molecule has 1 unspecified atom stereocenters. The molecule has 4 nitrogen and oxygen atoms in total. The highest BCUT2D eigenvalue weighted by Crippen LogP contribution is 2.21. The lowest BCUT2D eigenvalue weighted by atomic mass is 10.0. The number of rotatable bonds is 2. The lowest BCUT2D eigenvalue weighted by Crippen LogP contribution is -2.34. The molecule has 0 aliphatic heterocycles. The molecule has 0 bridgehead atoms. The van der Waals surface area contributed by atoms with Gasteiger partial charge in [-0.25, -0.2) is 0 Å². The van der Waals surface area contributed by atoms with Crippen molar-refractivity contribution in [3.05, 3.63) is 48.6 Å². The number of nitrogens with zero attached hydrogens (tertiary/aromatic N) is 2. The van der Waals surface area contributed by atoms with Crippen LogP contribution in [0.3, 0.4) is 0 Å². The van der Waals surface area contributed by atoms with Crippen molar-refractivity contribution in [1.82, 2.24) is 0 Å². The molecule has 4 heteroatoms. The van der Waals surface area contributed by atoms with Crippen molar-refractivity contribution in [1.29, 1.82) is 0 Å². The van der Waals surface area contributed by atoms with Crippen LogP contribution >= 0.6 is 0 Å². The quantitative estimate of drug-likeness (QED) is 0.586. The van der Waals surface area contributed by atoms with E-state index in [0.29, 0.717) is 17.8 Å². The Morgan fingerprint density at radius 2 is 2.12 bits per heavy atom. The zero-order valence-electron chi connectivity index (χ0n) is 8.88. The lowest BCUT2D eigenvalue weighted by molar-refractivity contribution is 0.533. The van der Waals surface area contributed by atoms with Gasteiger partial charge < -0.3 is 11.5 Å². The van der Waals surface area contributed by atoms with Crippen LogP contribution in [0.4, 0.5) is 11.4 Å². The first-order valence-electron chi connectivity index (χ1n) is 5.10. The number of hydrogen-bond donors (Lipinski definition) is 2. The van der Waals surface area contributed by atoms with Gasteiger partial charge in [-0.1, -0.05) is 24.3 Å². The molecule has 2 rings (SSSR count). The fourth-order valence-electron chi connectivity index (χ4n) is 1.44. The van der Waals surface area contributed by atoms with Gasteiger partial charge in [0.25, 0.3) is 0 Å². The Balaban J connectivity index is 2.15. The van der Waals surface area contributed by atoms with E-state index in [1.807, 2.05) is 36.4 Å². The predicted octanol–water partition coefficient (Wildman–Crippen LogP) is 2.52. The van der Waals surface area contributed by atoms with Crippen molar-refractivity contribution in [2.45, 2.75) is 12.1 Å². The Morgan fingerprint density at radius 1 is 1.25 bits per heavy atom. The van der Waals surface area contributed by atoms with Gasteiger partial charge in [-0.05, 0) is 24.3 Å². The van der Waals surface area contributed by atoms with Crippen molar-refractivity contribution >= 4 is 11.4 Å². The zero-order chi connectivity index (χ0) is 11.4. The Kier molecular flexibility index (Phi) is 2.83. The summed E-state index contributed by atoms with van der Waals surface area (Å²) >= 11 is 0. The average Bonchev–Trinajstić information content (AvgIpc) is 2.28. The van der Waals surface area contributed by atoms with Gasteiger partial charge in [0.05, 0.1) is 5.69 Å². The third-order valence-corrected chi connectivity index (χ3v) is 2.30. The van der Waals surface area contributed by atoms with Crippen LogP contribution in [-0.2, 0) is 0 Å². The van der Waals surface area contributed by atoms with Crippen LogP contribution in [0.2, 0.25) is 0 Å². The molecule has 0 spiro atoms. The van der Waals surface area contributed by atoms with Crippen LogP contribution in [0, 0.1) is 0 Å². The summed E-state index contributed by atoms with van der Waals surface area (Å²) in [5.41, 5.74) is 12.3. The maximum Gasteiger partial charge on any atom is 0.152 e. The molecule has 0 saturated heterocycles. The third-order valence-electron chi connectivity index (χ3n) is 2.30. The summed E-state index contributed by atoms with van der Waals surface area (Å²) in [7, 11) is 0. The molecule has 1 aliphatic carbocycles. The average molecular weight is 214 g/mol. The monoisotopic (exact) mass is 214 g/mol. The maximum absolute atomic E-state index is 6.02. The lowest BCUT2D eigenvalue weighted by Gasteiger charge is -2.19. The molecule has 1 atom stereocenters. The fourth-order valence-corrected chi connectivity index (χ4v) is 1.44. The summed E-state index contributed by atoms with van der Waals surface area (Å²) in [4.78, 5) is 0. The zero-order valence-corrected chi connectivity index (χ0v) is 8.88. The molecule has 0 heterocycles. The van der Waals surface area contributed by atoms with E-state index in [9.17, 15) is 0 Å². The van der Waals surface area contributed by atoms with Crippen LogP contribution in [0.25, 0.3) is 0 Å². The number of anilines is 1. The summed E-state index contributed by atoms with van der Waals surface area (Å²) in [6, 6.07) is 7.24. The van der Waals surface area contributed by atoms with E-state index in [-0.39, 0.29) is 0 Å². The second-order valence-electron chi connectivity index (χ2n) is 3.78. The van der Waals surface area contributed by atoms with Crippen molar-refractivity contribution in [2.24, 2.45) is 16.0 Å². The van der Waals surface area contributed by atoms with Gasteiger partial charge in [0, 0.05) is 12.1 Å². The second kappa shape index (κ2) is 4.28. The Labute approximate surface area is 94.4 Å². The molecule has 0 aromatic heterocycles. The predicted molar refractivity (Wildman–Crippen MR) is 65.2 cm³/mol. The van der Waals surface area contributed by atoms with Gasteiger partial charge in [-0.3, -0.25) is 0 Å². The Morgan fingerprint density at radius 3 is 2.81 bits per heavy atom. The van der Waals surface area contributed by atoms with E-state index in [1.165, 1.54) is 0 Å². The fraction of sp³-hybridized carbons (Fsp3) is 0.167. The van der Waals surface area contributed by atoms with Crippen molar-refractivity contribution < 1.29 is 0 Å². The van der Waals surface area contributed by atoms with Gasteiger partial charge in [0.2, 0.25) is 0 Å². The Bertz CT molecular complexity index is 462. The number of hydrogen-bond acceptors (Lipinski definition) is 4. The summed E-state index contributed by atoms with van der Waals surface area (Å²) in [6.45, 7) is 0. The van der Waals surface area contributed by atoms with E-state index >= 15 is 0 Å². The van der Waals surface area contributed by atoms with Gasteiger partial charge in [0.1, 0.15) is 0 Å². The first-order valence-corrected chi connectivity index (χ1v) is 5.10. The largest absolute Gasteiger partial charge is 0.399 e. The standard InChI is InChI=1S/C12H14N4/c13-10-5-4-6-11(9-10)15-16-12(14)7-2-1-3-8-12/h1-7,9H,8,13-14H2. The highest BCUT2D eigenvalue weighted by molar-refractivity contribution is 5.50. The molecule has 82 valence electrons. The Hall–Kier alpha value is -1.94. The molecule has 0 radical (unpaired) electrons. The minimum absolute atomic E-state index is 0.662. The van der Waals surface area contributed by atoms with E-state index in [2.05, 4.69) is 10.2 Å². The van der Waals surface area contributed by atoms with Crippen LogP contribution in [0.15, 0.2) is 58.8 Å². The minimum atomic E-state index is -0.723. The summed E-state index contributed by atoms with van der Waals surface area (Å²) in [5, 5.41) is 8.23. The van der Waals surface area contributed by atoms with Crippen molar-refractivity contribution in [2.75, 3.05) is 5.73 Å². The van der Waals surface area contributed by atoms with Crippen molar-refractivity contribution in [3.8, 4) is 0 Å². The highest BCUT2D eigenvalue weighted by atomic mass is 15.2. The van der Waals surface area contributed by atoms with Crippen LogP contribution in [-0.4, -0.2) is 5.66 Å². The van der Waals surface area contributed by atoms with E-state index in [0.717, 1.165) is 0 Å². The SMILES string of the molecule is Nc1cccc(N=NC2(N)C=CC=CC2)c1.